The van der Waals surface area contributed by atoms with Gasteiger partial charge in [-0.1, -0.05) is 19.9 Å². The van der Waals surface area contributed by atoms with E-state index in [9.17, 15) is 5.26 Å². The van der Waals surface area contributed by atoms with Crippen LogP contribution >= 0.6 is 31.9 Å². The van der Waals surface area contributed by atoms with E-state index in [1.807, 2.05) is 38.1 Å². The van der Waals surface area contributed by atoms with Gasteiger partial charge in [-0.3, -0.25) is 0 Å². The number of halogens is 2. The highest BCUT2D eigenvalue weighted by atomic mass is 79.9. The summed E-state index contributed by atoms with van der Waals surface area (Å²) in [6.45, 7) is 4.03. The fraction of sp³-hybridized carbons (Fsp3) is 0.400. The van der Waals surface area contributed by atoms with Gasteiger partial charge in [-0.2, -0.15) is 5.26 Å². The molecule has 5 heteroatoms. The van der Waals surface area contributed by atoms with E-state index in [1.54, 1.807) is 14.2 Å². The van der Waals surface area contributed by atoms with Crippen LogP contribution in [-0.4, -0.2) is 14.2 Å². The molecule has 3 nitrogen and oxygen atoms in total. The van der Waals surface area contributed by atoms with Crippen LogP contribution in [0.1, 0.15) is 19.4 Å². The Morgan fingerprint density at radius 3 is 2.25 bits per heavy atom. The predicted molar refractivity (Wildman–Crippen MR) is 87.6 cm³/mol. The van der Waals surface area contributed by atoms with E-state index in [0.717, 1.165) is 8.96 Å². The number of rotatable bonds is 5. The van der Waals surface area contributed by atoms with E-state index in [-0.39, 0.29) is 5.92 Å². The van der Waals surface area contributed by atoms with E-state index in [4.69, 9.17) is 9.47 Å². The lowest BCUT2D eigenvalue weighted by Gasteiger charge is -2.28. The molecule has 0 aliphatic rings. The molecule has 0 spiro atoms. The van der Waals surface area contributed by atoms with Gasteiger partial charge in [0, 0.05) is 0 Å². The zero-order valence-corrected chi connectivity index (χ0v) is 15.1. The van der Waals surface area contributed by atoms with Crippen molar-refractivity contribution in [2.75, 3.05) is 14.2 Å². The maximum Gasteiger partial charge on any atom is 0.161 e. The molecule has 1 rings (SSSR count). The Morgan fingerprint density at radius 2 is 1.85 bits per heavy atom. The number of ether oxygens (including phenoxy) is 2. The standard InChI is InChI=1S/C15H17Br2NO2/c1-10(2)15(9-18,8-14(16)17)11-5-6-12(19-3)13(7-11)20-4/h5-8,10H,1-4H3. The fourth-order valence-corrected chi connectivity index (χ4v) is 2.80. The van der Waals surface area contributed by atoms with Crippen molar-refractivity contribution in [2.24, 2.45) is 5.92 Å². The van der Waals surface area contributed by atoms with E-state index in [1.165, 1.54) is 0 Å². The predicted octanol–water partition coefficient (Wildman–Crippen LogP) is 4.75. The number of hydrogen-bond donors (Lipinski definition) is 0. The molecule has 0 aliphatic heterocycles. The first-order valence-corrected chi connectivity index (χ1v) is 7.67. The van der Waals surface area contributed by atoms with E-state index in [0.29, 0.717) is 11.5 Å². The molecule has 0 fully saturated rings. The molecule has 0 radical (unpaired) electrons. The number of methoxy groups -OCH3 is 2. The van der Waals surface area contributed by atoms with Crippen molar-refractivity contribution in [3.05, 3.63) is 33.2 Å². The first-order valence-electron chi connectivity index (χ1n) is 6.09. The number of hydrogen-bond acceptors (Lipinski definition) is 3. The quantitative estimate of drug-likeness (QED) is 0.713. The Labute approximate surface area is 136 Å². The SMILES string of the molecule is COc1ccc(C(C#N)(C=C(Br)Br)C(C)C)cc1OC. The summed E-state index contributed by atoms with van der Waals surface area (Å²) in [5.74, 6) is 1.36. The van der Waals surface area contributed by atoms with Crippen molar-refractivity contribution in [1.29, 1.82) is 5.26 Å². The van der Waals surface area contributed by atoms with Crippen molar-refractivity contribution in [2.45, 2.75) is 19.3 Å². The smallest absolute Gasteiger partial charge is 0.161 e. The van der Waals surface area contributed by atoms with Crippen LogP contribution in [0.2, 0.25) is 0 Å². The average molecular weight is 403 g/mol. The van der Waals surface area contributed by atoms with Crippen LogP contribution in [0.3, 0.4) is 0 Å². The summed E-state index contributed by atoms with van der Waals surface area (Å²) in [4.78, 5) is 0. The van der Waals surface area contributed by atoms with E-state index < -0.39 is 5.41 Å². The highest BCUT2D eigenvalue weighted by Gasteiger charge is 2.35. The lowest BCUT2D eigenvalue weighted by molar-refractivity contribution is 0.353. The topological polar surface area (TPSA) is 42.2 Å². The molecule has 1 aromatic rings. The molecule has 1 unspecified atom stereocenters. The minimum absolute atomic E-state index is 0.0932. The molecule has 108 valence electrons. The van der Waals surface area contributed by atoms with Crippen LogP contribution in [0.25, 0.3) is 0 Å². The highest BCUT2D eigenvalue weighted by Crippen LogP contribution is 2.40. The number of nitriles is 1. The normalized spacial score (nSPS) is 13.3. The second kappa shape index (κ2) is 7.14. The molecule has 0 saturated carbocycles. The van der Waals surface area contributed by atoms with Gasteiger partial charge in [0.2, 0.25) is 0 Å². The first-order chi connectivity index (χ1) is 9.41. The van der Waals surface area contributed by atoms with Crippen LogP contribution in [0, 0.1) is 17.2 Å². The third kappa shape index (κ3) is 3.36. The van der Waals surface area contributed by atoms with Crippen LogP contribution in [0.15, 0.2) is 27.7 Å². The average Bonchev–Trinajstić information content (AvgIpc) is 2.43. The second-order valence-corrected chi connectivity index (χ2v) is 7.41. The minimum atomic E-state index is -0.748. The summed E-state index contributed by atoms with van der Waals surface area (Å²) >= 11 is 6.70. The lowest BCUT2D eigenvalue weighted by atomic mass is 9.73. The molecular formula is C15H17Br2NO2. The fourth-order valence-electron chi connectivity index (χ4n) is 2.07. The Balaban J connectivity index is 3.51. The van der Waals surface area contributed by atoms with Crippen LogP contribution in [0.4, 0.5) is 0 Å². The summed E-state index contributed by atoms with van der Waals surface area (Å²) in [6, 6.07) is 7.98. The Kier molecular flexibility index (Phi) is 6.09. The molecule has 0 saturated heterocycles. The van der Waals surface area contributed by atoms with Crippen molar-refractivity contribution >= 4 is 31.9 Å². The summed E-state index contributed by atoms with van der Waals surface area (Å²) < 4.78 is 11.3. The molecule has 1 atom stereocenters. The van der Waals surface area contributed by atoms with Gasteiger partial charge >= 0.3 is 0 Å². The summed E-state index contributed by atoms with van der Waals surface area (Å²) in [5, 5.41) is 9.73. The highest BCUT2D eigenvalue weighted by molar-refractivity contribution is 9.28. The third-order valence-electron chi connectivity index (χ3n) is 3.29. The van der Waals surface area contributed by atoms with Gasteiger partial charge in [-0.25, -0.2) is 0 Å². The molecular weight excluding hydrogens is 386 g/mol. The van der Waals surface area contributed by atoms with Gasteiger partial charge in [0.15, 0.2) is 11.5 Å². The molecule has 0 amide bonds. The van der Waals surface area contributed by atoms with Gasteiger partial charge in [0.1, 0.15) is 5.41 Å². The molecule has 20 heavy (non-hydrogen) atoms. The lowest BCUT2D eigenvalue weighted by Crippen LogP contribution is -2.28. The van der Waals surface area contributed by atoms with Gasteiger partial charge in [-0.15, -0.1) is 0 Å². The van der Waals surface area contributed by atoms with Gasteiger partial charge in [-0.05, 0) is 61.5 Å². The van der Waals surface area contributed by atoms with Crippen molar-refractivity contribution in [3.8, 4) is 17.6 Å². The number of nitrogens with zero attached hydrogens (tertiary/aromatic N) is 1. The Morgan fingerprint density at radius 1 is 1.25 bits per heavy atom. The summed E-state index contributed by atoms with van der Waals surface area (Å²) in [6.07, 6.45) is 1.86. The van der Waals surface area contributed by atoms with E-state index in [2.05, 4.69) is 37.9 Å². The molecule has 0 heterocycles. The van der Waals surface area contributed by atoms with Crippen molar-refractivity contribution in [1.82, 2.24) is 0 Å². The maximum atomic E-state index is 9.73. The summed E-state index contributed by atoms with van der Waals surface area (Å²) in [7, 11) is 3.17. The van der Waals surface area contributed by atoms with Crippen LogP contribution in [0.5, 0.6) is 11.5 Å². The monoisotopic (exact) mass is 401 g/mol. The number of benzene rings is 1. The van der Waals surface area contributed by atoms with Crippen molar-refractivity contribution in [3.63, 3.8) is 0 Å². The zero-order chi connectivity index (χ0) is 15.3. The Hall–Kier alpha value is -0.990. The first kappa shape index (κ1) is 17.1. The van der Waals surface area contributed by atoms with Crippen LogP contribution in [-0.2, 0) is 5.41 Å². The second-order valence-electron chi connectivity index (χ2n) is 4.64. The van der Waals surface area contributed by atoms with Gasteiger partial charge in [0.25, 0.3) is 0 Å². The van der Waals surface area contributed by atoms with E-state index >= 15 is 0 Å². The molecule has 0 aliphatic carbocycles. The van der Waals surface area contributed by atoms with Gasteiger partial charge in [0.05, 0.1) is 23.7 Å². The molecule has 1 aromatic carbocycles. The largest absolute Gasteiger partial charge is 0.493 e. The third-order valence-corrected chi connectivity index (χ3v) is 3.75. The number of allylic oxidation sites excluding steroid dienone is 1. The Bertz CT molecular complexity index is 545. The van der Waals surface area contributed by atoms with Gasteiger partial charge < -0.3 is 9.47 Å². The van der Waals surface area contributed by atoms with Crippen molar-refractivity contribution < 1.29 is 9.47 Å². The molecule has 0 bridgehead atoms. The molecule has 0 aromatic heterocycles. The molecule has 0 N–H and O–H groups in total. The maximum absolute atomic E-state index is 9.73. The summed E-state index contributed by atoms with van der Waals surface area (Å²) in [5.41, 5.74) is 0.117. The minimum Gasteiger partial charge on any atom is -0.493 e. The zero-order valence-electron chi connectivity index (χ0n) is 11.9. The van der Waals surface area contributed by atoms with Crippen LogP contribution < -0.4 is 9.47 Å².